The van der Waals surface area contributed by atoms with Crippen LogP contribution in [0, 0.1) is 13.8 Å². The van der Waals surface area contributed by atoms with Crippen molar-refractivity contribution in [3.05, 3.63) is 53.6 Å². The second kappa shape index (κ2) is 6.54. The summed E-state index contributed by atoms with van der Waals surface area (Å²) >= 11 is 1.85. The summed E-state index contributed by atoms with van der Waals surface area (Å²) in [5, 5.41) is 6.00. The Morgan fingerprint density at radius 3 is 2.58 bits per heavy atom. The van der Waals surface area contributed by atoms with E-state index in [-0.39, 0.29) is 0 Å². The van der Waals surface area contributed by atoms with Gasteiger partial charge in [0.1, 0.15) is 0 Å². The van der Waals surface area contributed by atoms with E-state index in [0.717, 1.165) is 26.2 Å². The number of H-pyrrole nitrogens is 1. The van der Waals surface area contributed by atoms with E-state index >= 15 is 0 Å². The monoisotopic (exact) mass is 337 g/mol. The highest BCUT2D eigenvalue weighted by Crippen LogP contribution is 2.39. The molecule has 2 aromatic carbocycles. The SMILES string of the molecule is Cc1ccc(Sc2[nH]c3ccccc3c2C)c(N2CCNCC2)c1. The Bertz CT molecular complexity index is 862. The summed E-state index contributed by atoms with van der Waals surface area (Å²) in [6, 6.07) is 15.3. The van der Waals surface area contributed by atoms with Crippen LogP contribution < -0.4 is 10.2 Å². The number of nitrogens with zero attached hydrogens (tertiary/aromatic N) is 1. The third-order valence-corrected chi connectivity index (χ3v) is 5.88. The smallest absolute Gasteiger partial charge is 0.0811 e. The molecule has 1 aromatic heterocycles. The van der Waals surface area contributed by atoms with Gasteiger partial charge < -0.3 is 15.2 Å². The average molecular weight is 337 g/mol. The van der Waals surface area contributed by atoms with Gasteiger partial charge >= 0.3 is 0 Å². The number of para-hydroxylation sites is 1. The average Bonchev–Trinajstić information content (AvgIpc) is 2.93. The van der Waals surface area contributed by atoms with Gasteiger partial charge in [0, 0.05) is 42.0 Å². The molecule has 0 saturated carbocycles. The predicted molar refractivity (Wildman–Crippen MR) is 103 cm³/mol. The number of aryl methyl sites for hydroxylation is 2. The lowest BCUT2D eigenvalue weighted by molar-refractivity contribution is 0.587. The Kier molecular flexibility index (Phi) is 4.25. The molecule has 1 aliphatic heterocycles. The lowest BCUT2D eigenvalue weighted by atomic mass is 10.2. The summed E-state index contributed by atoms with van der Waals surface area (Å²) in [6.07, 6.45) is 0. The Morgan fingerprint density at radius 1 is 1.00 bits per heavy atom. The molecule has 0 amide bonds. The quantitative estimate of drug-likeness (QED) is 0.745. The molecule has 124 valence electrons. The minimum absolute atomic E-state index is 1.06. The summed E-state index contributed by atoms with van der Waals surface area (Å²) in [5.41, 5.74) is 5.23. The van der Waals surface area contributed by atoms with Gasteiger partial charge in [-0.25, -0.2) is 0 Å². The van der Waals surface area contributed by atoms with Gasteiger partial charge in [-0.05, 0) is 43.2 Å². The zero-order valence-electron chi connectivity index (χ0n) is 14.2. The van der Waals surface area contributed by atoms with Crippen molar-refractivity contribution < 1.29 is 0 Å². The van der Waals surface area contributed by atoms with Crippen LogP contribution in [0.15, 0.2) is 52.4 Å². The standard InChI is InChI=1S/C20H23N3S/c1-14-7-8-19(18(13-14)23-11-9-21-10-12-23)24-20-15(2)16-5-3-4-6-17(16)22-20/h3-8,13,21-22H,9-12H2,1-2H3. The highest BCUT2D eigenvalue weighted by atomic mass is 32.2. The van der Waals surface area contributed by atoms with Gasteiger partial charge in [0.2, 0.25) is 0 Å². The van der Waals surface area contributed by atoms with Crippen molar-refractivity contribution in [2.75, 3.05) is 31.1 Å². The number of aromatic nitrogens is 1. The molecule has 0 bridgehead atoms. The van der Waals surface area contributed by atoms with Crippen molar-refractivity contribution in [2.24, 2.45) is 0 Å². The normalized spacial score (nSPS) is 15.2. The van der Waals surface area contributed by atoms with E-state index in [2.05, 4.69) is 71.5 Å². The molecule has 4 rings (SSSR count). The second-order valence-corrected chi connectivity index (χ2v) is 7.49. The van der Waals surface area contributed by atoms with Crippen molar-refractivity contribution >= 4 is 28.4 Å². The number of aromatic amines is 1. The molecule has 2 heterocycles. The summed E-state index contributed by atoms with van der Waals surface area (Å²) in [6.45, 7) is 8.65. The molecule has 0 radical (unpaired) electrons. The first-order valence-electron chi connectivity index (χ1n) is 8.54. The van der Waals surface area contributed by atoms with Crippen molar-refractivity contribution in [2.45, 2.75) is 23.8 Å². The maximum atomic E-state index is 3.59. The first-order chi connectivity index (χ1) is 11.7. The highest BCUT2D eigenvalue weighted by molar-refractivity contribution is 7.99. The fraction of sp³-hybridized carbons (Fsp3) is 0.300. The predicted octanol–water partition coefficient (Wildman–Crippen LogP) is 4.35. The molecule has 0 unspecified atom stereocenters. The molecule has 1 aliphatic rings. The molecular formula is C20H23N3S. The minimum atomic E-state index is 1.06. The van der Waals surface area contributed by atoms with Crippen LogP contribution >= 0.6 is 11.8 Å². The van der Waals surface area contributed by atoms with Gasteiger partial charge in [0.25, 0.3) is 0 Å². The fourth-order valence-electron chi connectivity index (χ4n) is 3.34. The largest absolute Gasteiger partial charge is 0.368 e. The number of nitrogens with one attached hydrogen (secondary N) is 2. The molecular weight excluding hydrogens is 314 g/mol. The highest BCUT2D eigenvalue weighted by Gasteiger charge is 2.17. The molecule has 3 aromatic rings. The molecule has 0 aliphatic carbocycles. The van der Waals surface area contributed by atoms with Gasteiger partial charge in [0.15, 0.2) is 0 Å². The number of piperazine rings is 1. The lowest BCUT2D eigenvalue weighted by Gasteiger charge is -2.31. The van der Waals surface area contributed by atoms with Gasteiger partial charge in [-0.15, -0.1) is 0 Å². The third kappa shape index (κ3) is 2.92. The summed E-state index contributed by atoms with van der Waals surface area (Å²) in [7, 11) is 0. The molecule has 1 saturated heterocycles. The molecule has 4 heteroatoms. The summed E-state index contributed by atoms with van der Waals surface area (Å²) < 4.78 is 0. The first kappa shape index (κ1) is 15.6. The first-order valence-corrected chi connectivity index (χ1v) is 9.35. The molecule has 24 heavy (non-hydrogen) atoms. The maximum Gasteiger partial charge on any atom is 0.0811 e. The number of hydrogen-bond acceptors (Lipinski definition) is 3. The van der Waals surface area contributed by atoms with Crippen LogP contribution in [0.4, 0.5) is 5.69 Å². The van der Waals surface area contributed by atoms with Crippen LogP contribution in [-0.2, 0) is 0 Å². The van der Waals surface area contributed by atoms with E-state index in [1.54, 1.807) is 0 Å². The van der Waals surface area contributed by atoms with Crippen LogP contribution in [-0.4, -0.2) is 31.2 Å². The van der Waals surface area contributed by atoms with Crippen LogP contribution in [0.2, 0.25) is 0 Å². The van der Waals surface area contributed by atoms with E-state index in [1.807, 2.05) is 11.8 Å². The second-order valence-electron chi connectivity index (χ2n) is 6.43. The van der Waals surface area contributed by atoms with Crippen molar-refractivity contribution in [1.82, 2.24) is 10.3 Å². The molecule has 2 N–H and O–H groups in total. The van der Waals surface area contributed by atoms with E-state index in [0.29, 0.717) is 0 Å². The topological polar surface area (TPSA) is 31.1 Å². The number of anilines is 1. The van der Waals surface area contributed by atoms with Crippen LogP contribution in [0.3, 0.4) is 0 Å². The minimum Gasteiger partial charge on any atom is -0.368 e. The van der Waals surface area contributed by atoms with E-state index < -0.39 is 0 Å². The zero-order chi connectivity index (χ0) is 16.5. The summed E-state index contributed by atoms with van der Waals surface area (Å²) in [5.74, 6) is 0. The molecule has 0 atom stereocenters. The van der Waals surface area contributed by atoms with Gasteiger partial charge in [-0.3, -0.25) is 0 Å². The fourth-order valence-corrected chi connectivity index (χ4v) is 4.41. The van der Waals surface area contributed by atoms with E-state index in [9.17, 15) is 0 Å². The number of hydrogen-bond donors (Lipinski definition) is 2. The van der Waals surface area contributed by atoms with Crippen molar-refractivity contribution in [3.63, 3.8) is 0 Å². The molecule has 3 nitrogen and oxygen atoms in total. The van der Waals surface area contributed by atoms with Crippen LogP contribution in [0.1, 0.15) is 11.1 Å². The summed E-state index contributed by atoms with van der Waals surface area (Å²) in [4.78, 5) is 7.42. The molecule has 0 spiro atoms. The Hall–Kier alpha value is -1.91. The Labute approximate surface area is 147 Å². The van der Waals surface area contributed by atoms with Gasteiger partial charge in [-0.1, -0.05) is 36.0 Å². The third-order valence-electron chi connectivity index (χ3n) is 4.70. The van der Waals surface area contributed by atoms with Crippen molar-refractivity contribution in [3.8, 4) is 0 Å². The van der Waals surface area contributed by atoms with Crippen LogP contribution in [0.25, 0.3) is 10.9 Å². The Morgan fingerprint density at radius 2 is 1.79 bits per heavy atom. The van der Waals surface area contributed by atoms with Gasteiger partial charge in [0.05, 0.1) is 10.7 Å². The van der Waals surface area contributed by atoms with Crippen molar-refractivity contribution in [1.29, 1.82) is 0 Å². The number of benzene rings is 2. The lowest BCUT2D eigenvalue weighted by Crippen LogP contribution is -2.43. The number of fused-ring (bicyclic) bond motifs is 1. The van der Waals surface area contributed by atoms with Gasteiger partial charge in [-0.2, -0.15) is 0 Å². The molecule has 1 fully saturated rings. The number of rotatable bonds is 3. The van der Waals surface area contributed by atoms with E-state index in [4.69, 9.17) is 0 Å². The Balaban J connectivity index is 1.71. The zero-order valence-corrected chi connectivity index (χ0v) is 15.0. The van der Waals surface area contributed by atoms with E-state index in [1.165, 1.54) is 37.6 Å². The maximum absolute atomic E-state index is 3.59. The van der Waals surface area contributed by atoms with Crippen LogP contribution in [0.5, 0.6) is 0 Å².